The second-order valence-electron chi connectivity index (χ2n) is 3.44. The van der Waals surface area contributed by atoms with E-state index in [4.69, 9.17) is 15.9 Å². The Morgan fingerprint density at radius 1 is 1.13 bits per heavy atom. The van der Waals surface area contributed by atoms with Gasteiger partial charge in [0.1, 0.15) is 5.76 Å². The molecule has 0 fully saturated rings. The first-order chi connectivity index (χ1) is 7.31. The van der Waals surface area contributed by atoms with Crippen molar-refractivity contribution in [2.75, 3.05) is 6.54 Å². The monoisotopic (exact) mass is 202 g/mol. The van der Waals surface area contributed by atoms with Crippen LogP contribution in [-0.4, -0.2) is 6.54 Å². The summed E-state index contributed by atoms with van der Waals surface area (Å²) < 4.78 is 5.29. The number of furan rings is 1. The SMILES string of the molecule is NC[C@H](N)c1ccc(-c2ccco2)cc1. The highest BCUT2D eigenvalue weighted by Crippen LogP contribution is 2.21. The van der Waals surface area contributed by atoms with Crippen LogP contribution in [0, 0.1) is 0 Å². The van der Waals surface area contributed by atoms with Crippen molar-refractivity contribution in [1.29, 1.82) is 0 Å². The summed E-state index contributed by atoms with van der Waals surface area (Å²) in [5.74, 6) is 0.864. The highest BCUT2D eigenvalue weighted by atomic mass is 16.3. The third-order valence-electron chi connectivity index (χ3n) is 2.40. The summed E-state index contributed by atoms with van der Waals surface area (Å²) in [6.07, 6.45) is 1.66. The fourth-order valence-corrected chi connectivity index (χ4v) is 1.47. The molecule has 0 saturated heterocycles. The van der Waals surface area contributed by atoms with Gasteiger partial charge < -0.3 is 15.9 Å². The molecule has 2 aromatic rings. The zero-order chi connectivity index (χ0) is 10.7. The third kappa shape index (κ3) is 2.09. The van der Waals surface area contributed by atoms with Crippen molar-refractivity contribution in [1.82, 2.24) is 0 Å². The molecule has 0 aliphatic heterocycles. The van der Waals surface area contributed by atoms with Gasteiger partial charge in [0.05, 0.1) is 6.26 Å². The fraction of sp³-hybridized carbons (Fsp3) is 0.167. The molecule has 1 aromatic carbocycles. The van der Waals surface area contributed by atoms with Gasteiger partial charge in [-0.2, -0.15) is 0 Å². The highest BCUT2D eigenvalue weighted by Gasteiger charge is 2.04. The molecule has 1 atom stereocenters. The minimum Gasteiger partial charge on any atom is -0.464 e. The predicted octanol–water partition coefficient (Wildman–Crippen LogP) is 1.91. The molecule has 2 rings (SSSR count). The molecule has 0 radical (unpaired) electrons. The molecule has 4 N–H and O–H groups in total. The zero-order valence-electron chi connectivity index (χ0n) is 8.39. The van der Waals surface area contributed by atoms with Crippen molar-refractivity contribution in [3.63, 3.8) is 0 Å². The number of rotatable bonds is 3. The lowest BCUT2D eigenvalue weighted by Crippen LogP contribution is -2.20. The van der Waals surface area contributed by atoms with Gasteiger partial charge >= 0.3 is 0 Å². The van der Waals surface area contributed by atoms with Crippen LogP contribution in [0.4, 0.5) is 0 Å². The lowest BCUT2D eigenvalue weighted by Gasteiger charge is -2.08. The second-order valence-corrected chi connectivity index (χ2v) is 3.44. The molecule has 3 heteroatoms. The normalized spacial score (nSPS) is 12.7. The standard InChI is InChI=1S/C12H14N2O/c13-8-11(14)9-3-5-10(6-4-9)12-2-1-7-15-12/h1-7,11H,8,13-14H2/t11-/m0/s1. The van der Waals surface area contributed by atoms with Crippen molar-refractivity contribution in [3.05, 3.63) is 48.2 Å². The Morgan fingerprint density at radius 3 is 2.40 bits per heavy atom. The van der Waals surface area contributed by atoms with Crippen molar-refractivity contribution in [2.24, 2.45) is 11.5 Å². The maximum atomic E-state index is 5.81. The average molecular weight is 202 g/mol. The van der Waals surface area contributed by atoms with Crippen molar-refractivity contribution >= 4 is 0 Å². The predicted molar refractivity (Wildman–Crippen MR) is 60.1 cm³/mol. The van der Waals surface area contributed by atoms with Gasteiger partial charge in [-0.25, -0.2) is 0 Å². The number of benzene rings is 1. The summed E-state index contributed by atoms with van der Waals surface area (Å²) in [7, 11) is 0. The lowest BCUT2D eigenvalue weighted by molar-refractivity contribution is 0.582. The van der Waals surface area contributed by atoms with E-state index >= 15 is 0 Å². The molecule has 1 heterocycles. The molecular weight excluding hydrogens is 188 g/mol. The molecule has 0 aliphatic rings. The Hall–Kier alpha value is -1.58. The minimum atomic E-state index is -0.0874. The molecule has 0 amide bonds. The van der Waals surface area contributed by atoms with Crippen LogP contribution in [0.15, 0.2) is 47.1 Å². The van der Waals surface area contributed by atoms with E-state index in [-0.39, 0.29) is 6.04 Å². The molecule has 0 spiro atoms. The van der Waals surface area contributed by atoms with Gasteiger partial charge in [-0.05, 0) is 17.7 Å². The van der Waals surface area contributed by atoms with Crippen molar-refractivity contribution in [2.45, 2.75) is 6.04 Å². The van der Waals surface area contributed by atoms with E-state index in [0.29, 0.717) is 6.54 Å². The van der Waals surface area contributed by atoms with E-state index in [1.165, 1.54) is 0 Å². The summed E-state index contributed by atoms with van der Waals surface area (Å²) in [6, 6.07) is 11.7. The van der Waals surface area contributed by atoms with E-state index in [9.17, 15) is 0 Å². The van der Waals surface area contributed by atoms with Crippen LogP contribution in [-0.2, 0) is 0 Å². The average Bonchev–Trinajstić information content (AvgIpc) is 2.82. The van der Waals surface area contributed by atoms with E-state index in [2.05, 4.69) is 0 Å². The van der Waals surface area contributed by atoms with E-state index in [1.807, 2.05) is 36.4 Å². The Kier molecular flexibility index (Phi) is 2.85. The first-order valence-electron chi connectivity index (χ1n) is 4.91. The summed E-state index contributed by atoms with van der Waals surface area (Å²) in [6.45, 7) is 0.458. The van der Waals surface area contributed by atoms with Crippen molar-refractivity contribution < 1.29 is 4.42 Å². The van der Waals surface area contributed by atoms with Crippen LogP contribution < -0.4 is 11.5 Å². The quantitative estimate of drug-likeness (QED) is 0.799. The summed E-state index contributed by atoms with van der Waals surface area (Å²) in [5, 5.41) is 0. The summed E-state index contributed by atoms with van der Waals surface area (Å²) >= 11 is 0. The lowest BCUT2D eigenvalue weighted by atomic mass is 10.0. The Labute approximate surface area is 88.7 Å². The Morgan fingerprint density at radius 2 is 1.87 bits per heavy atom. The molecule has 0 bridgehead atoms. The van der Waals surface area contributed by atoms with Gasteiger partial charge in [0, 0.05) is 18.2 Å². The highest BCUT2D eigenvalue weighted by molar-refractivity contribution is 5.57. The molecule has 0 saturated carbocycles. The maximum Gasteiger partial charge on any atom is 0.133 e. The molecule has 0 unspecified atom stereocenters. The van der Waals surface area contributed by atoms with Gasteiger partial charge in [0.2, 0.25) is 0 Å². The largest absolute Gasteiger partial charge is 0.464 e. The summed E-state index contributed by atoms with van der Waals surface area (Å²) in [4.78, 5) is 0. The molecule has 3 nitrogen and oxygen atoms in total. The van der Waals surface area contributed by atoms with Gasteiger partial charge in [0.15, 0.2) is 0 Å². The first-order valence-corrected chi connectivity index (χ1v) is 4.91. The van der Waals surface area contributed by atoms with Crippen LogP contribution in [0.25, 0.3) is 11.3 Å². The van der Waals surface area contributed by atoms with Gasteiger partial charge in [-0.3, -0.25) is 0 Å². The van der Waals surface area contributed by atoms with Crippen LogP contribution >= 0.6 is 0 Å². The fourth-order valence-electron chi connectivity index (χ4n) is 1.47. The van der Waals surface area contributed by atoms with Crippen LogP contribution in [0.1, 0.15) is 11.6 Å². The minimum absolute atomic E-state index is 0.0874. The van der Waals surface area contributed by atoms with Crippen LogP contribution in [0.2, 0.25) is 0 Å². The number of hydrogen-bond acceptors (Lipinski definition) is 3. The van der Waals surface area contributed by atoms with Crippen LogP contribution in [0.3, 0.4) is 0 Å². The maximum absolute atomic E-state index is 5.81. The molecule has 1 aromatic heterocycles. The number of hydrogen-bond donors (Lipinski definition) is 2. The Balaban J connectivity index is 2.25. The van der Waals surface area contributed by atoms with E-state index < -0.39 is 0 Å². The van der Waals surface area contributed by atoms with Gasteiger partial charge in [-0.15, -0.1) is 0 Å². The smallest absolute Gasteiger partial charge is 0.133 e. The van der Waals surface area contributed by atoms with E-state index in [0.717, 1.165) is 16.9 Å². The second kappa shape index (κ2) is 4.29. The molecule has 78 valence electrons. The number of nitrogens with two attached hydrogens (primary N) is 2. The topological polar surface area (TPSA) is 65.2 Å². The molecule has 15 heavy (non-hydrogen) atoms. The zero-order valence-corrected chi connectivity index (χ0v) is 8.39. The molecule has 0 aliphatic carbocycles. The first kappa shape index (κ1) is 9.96. The van der Waals surface area contributed by atoms with E-state index in [1.54, 1.807) is 6.26 Å². The van der Waals surface area contributed by atoms with Gasteiger partial charge in [0.25, 0.3) is 0 Å². The van der Waals surface area contributed by atoms with Gasteiger partial charge in [-0.1, -0.05) is 24.3 Å². The third-order valence-corrected chi connectivity index (χ3v) is 2.40. The molecular formula is C12H14N2O. The van der Waals surface area contributed by atoms with Crippen LogP contribution in [0.5, 0.6) is 0 Å². The summed E-state index contributed by atoms with van der Waals surface area (Å²) in [5.41, 5.74) is 13.4. The van der Waals surface area contributed by atoms with Crippen molar-refractivity contribution in [3.8, 4) is 11.3 Å². The Bertz CT molecular complexity index is 406.